The van der Waals surface area contributed by atoms with Gasteiger partial charge in [-0.1, -0.05) is 11.6 Å². The Balaban J connectivity index is 1.99. The molecule has 8 heteroatoms. The first-order valence-corrected chi connectivity index (χ1v) is 7.12. The zero-order valence-corrected chi connectivity index (χ0v) is 13.2. The number of amides is 1. The second kappa shape index (κ2) is 6.82. The average molecular weight is 330 g/mol. The molecule has 0 radical (unpaired) electrons. The molecule has 1 saturated carbocycles. The van der Waals surface area contributed by atoms with Crippen LogP contribution in [0, 0.1) is 5.92 Å². The summed E-state index contributed by atoms with van der Waals surface area (Å²) in [4.78, 5) is 11.5. The van der Waals surface area contributed by atoms with Crippen LogP contribution in [-0.2, 0) is 4.79 Å². The molecule has 0 atom stereocenters. The molecule has 0 heterocycles. The standard InChI is InChI=1S/C13H16ClN3O3S/c1-19-10-6-9(11(20-2)5-8(10)14)15-13(21)17-16-12(18)7-3-4-7/h5-7H,3-4H2,1-2H3,(H,16,18)(H2,15,17,21). The van der Waals surface area contributed by atoms with E-state index in [1.807, 2.05) is 0 Å². The Morgan fingerprint density at radius 3 is 2.48 bits per heavy atom. The van der Waals surface area contributed by atoms with Gasteiger partial charge >= 0.3 is 0 Å². The highest BCUT2D eigenvalue weighted by molar-refractivity contribution is 7.80. The maximum atomic E-state index is 11.5. The highest BCUT2D eigenvalue weighted by Gasteiger charge is 2.29. The fourth-order valence-corrected chi connectivity index (χ4v) is 2.07. The second-order valence-corrected chi connectivity index (χ2v) is 5.35. The van der Waals surface area contributed by atoms with E-state index >= 15 is 0 Å². The molecule has 1 amide bonds. The first-order valence-electron chi connectivity index (χ1n) is 6.33. The van der Waals surface area contributed by atoms with Crippen LogP contribution in [0.3, 0.4) is 0 Å². The van der Waals surface area contributed by atoms with E-state index in [1.54, 1.807) is 12.1 Å². The molecule has 0 aromatic heterocycles. The zero-order valence-electron chi connectivity index (χ0n) is 11.7. The summed E-state index contributed by atoms with van der Waals surface area (Å²) in [5, 5.41) is 3.59. The Morgan fingerprint density at radius 1 is 1.24 bits per heavy atom. The van der Waals surface area contributed by atoms with Crippen molar-refractivity contribution < 1.29 is 14.3 Å². The summed E-state index contributed by atoms with van der Waals surface area (Å²) in [5.41, 5.74) is 5.78. The molecule has 1 aromatic carbocycles. The number of hydrogen-bond acceptors (Lipinski definition) is 4. The summed E-state index contributed by atoms with van der Waals surface area (Å²) in [5.74, 6) is 1.05. The third kappa shape index (κ3) is 4.12. The number of benzene rings is 1. The number of nitrogens with one attached hydrogen (secondary N) is 3. The second-order valence-electron chi connectivity index (χ2n) is 4.53. The fraction of sp³-hybridized carbons (Fsp3) is 0.385. The summed E-state index contributed by atoms with van der Waals surface area (Å²) in [6.07, 6.45) is 1.85. The van der Waals surface area contributed by atoms with Crippen LogP contribution in [0.4, 0.5) is 5.69 Å². The smallest absolute Gasteiger partial charge is 0.241 e. The fourth-order valence-electron chi connectivity index (χ4n) is 1.68. The number of ether oxygens (including phenoxy) is 2. The first kappa shape index (κ1) is 15.7. The van der Waals surface area contributed by atoms with E-state index in [0.29, 0.717) is 22.2 Å². The van der Waals surface area contributed by atoms with Gasteiger partial charge in [0.05, 0.1) is 24.9 Å². The van der Waals surface area contributed by atoms with Gasteiger partial charge in [0.2, 0.25) is 5.91 Å². The monoisotopic (exact) mass is 329 g/mol. The molecule has 1 aromatic rings. The van der Waals surface area contributed by atoms with Crippen LogP contribution < -0.4 is 25.6 Å². The number of hydrazine groups is 1. The van der Waals surface area contributed by atoms with Crippen molar-refractivity contribution in [2.24, 2.45) is 5.92 Å². The number of rotatable bonds is 4. The number of methoxy groups -OCH3 is 2. The van der Waals surface area contributed by atoms with Gasteiger partial charge in [0.25, 0.3) is 0 Å². The summed E-state index contributed by atoms with van der Waals surface area (Å²) in [6.45, 7) is 0. The topological polar surface area (TPSA) is 71.6 Å². The van der Waals surface area contributed by atoms with Crippen molar-refractivity contribution >= 4 is 40.5 Å². The number of thiocarbonyl (C=S) groups is 1. The third-order valence-electron chi connectivity index (χ3n) is 2.97. The van der Waals surface area contributed by atoms with E-state index in [9.17, 15) is 4.79 Å². The summed E-state index contributed by atoms with van der Waals surface area (Å²) in [7, 11) is 3.04. The molecule has 21 heavy (non-hydrogen) atoms. The quantitative estimate of drug-likeness (QED) is 0.580. The molecule has 1 aliphatic carbocycles. The molecule has 0 unspecified atom stereocenters. The SMILES string of the molecule is COc1cc(NC(=S)NNC(=O)C2CC2)c(OC)cc1Cl. The van der Waals surface area contributed by atoms with Crippen molar-refractivity contribution in [2.75, 3.05) is 19.5 Å². The lowest BCUT2D eigenvalue weighted by Crippen LogP contribution is -2.44. The Bertz CT molecular complexity index is 564. The van der Waals surface area contributed by atoms with Crippen molar-refractivity contribution in [3.63, 3.8) is 0 Å². The van der Waals surface area contributed by atoms with Gasteiger partial charge in [0.1, 0.15) is 11.5 Å². The Hall–Kier alpha value is -1.73. The lowest BCUT2D eigenvalue weighted by atomic mass is 10.2. The molecular weight excluding hydrogens is 314 g/mol. The van der Waals surface area contributed by atoms with E-state index < -0.39 is 0 Å². The Labute approximate surface area is 133 Å². The highest BCUT2D eigenvalue weighted by atomic mass is 35.5. The van der Waals surface area contributed by atoms with Crippen molar-refractivity contribution in [3.8, 4) is 11.5 Å². The molecule has 2 rings (SSSR count). The van der Waals surface area contributed by atoms with Gasteiger partial charge in [-0.15, -0.1) is 0 Å². The minimum atomic E-state index is -0.0557. The van der Waals surface area contributed by atoms with Crippen molar-refractivity contribution in [1.29, 1.82) is 0 Å². The molecule has 0 bridgehead atoms. The van der Waals surface area contributed by atoms with Crippen LogP contribution in [-0.4, -0.2) is 25.2 Å². The predicted molar refractivity (Wildman–Crippen MR) is 84.8 cm³/mol. The van der Waals surface area contributed by atoms with E-state index in [-0.39, 0.29) is 16.9 Å². The minimum Gasteiger partial charge on any atom is -0.495 e. The van der Waals surface area contributed by atoms with E-state index in [0.717, 1.165) is 12.8 Å². The van der Waals surface area contributed by atoms with E-state index in [4.69, 9.17) is 33.3 Å². The minimum absolute atomic E-state index is 0.0557. The zero-order chi connectivity index (χ0) is 15.4. The number of halogens is 1. The third-order valence-corrected chi connectivity index (χ3v) is 3.47. The first-order chi connectivity index (χ1) is 10.0. The molecule has 0 spiro atoms. The van der Waals surface area contributed by atoms with Crippen LogP contribution in [0.25, 0.3) is 0 Å². The van der Waals surface area contributed by atoms with Gasteiger partial charge in [0.15, 0.2) is 5.11 Å². The largest absolute Gasteiger partial charge is 0.495 e. The van der Waals surface area contributed by atoms with Crippen LogP contribution in [0.1, 0.15) is 12.8 Å². The molecule has 0 saturated heterocycles. The molecule has 3 N–H and O–H groups in total. The molecule has 114 valence electrons. The van der Waals surface area contributed by atoms with E-state index in [1.165, 1.54) is 14.2 Å². The van der Waals surface area contributed by atoms with Gasteiger partial charge in [0, 0.05) is 18.1 Å². The summed E-state index contributed by atoms with van der Waals surface area (Å²) in [6, 6.07) is 3.28. The van der Waals surface area contributed by atoms with Gasteiger partial charge in [-0.05, 0) is 25.1 Å². The van der Waals surface area contributed by atoms with Gasteiger partial charge in [-0.3, -0.25) is 15.6 Å². The van der Waals surface area contributed by atoms with Gasteiger partial charge < -0.3 is 14.8 Å². The lowest BCUT2D eigenvalue weighted by Gasteiger charge is -2.15. The molecule has 1 aliphatic rings. The van der Waals surface area contributed by atoms with Crippen molar-refractivity contribution in [3.05, 3.63) is 17.2 Å². The van der Waals surface area contributed by atoms with Crippen molar-refractivity contribution in [2.45, 2.75) is 12.8 Å². The molecular formula is C13H16ClN3O3S. The van der Waals surface area contributed by atoms with Crippen LogP contribution in [0.15, 0.2) is 12.1 Å². The Kier molecular flexibility index (Phi) is 5.08. The summed E-state index contributed by atoms with van der Waals surface area (Å²) >= 11 is 11.1. The van der Waals surface area contributed by atoms with Crippen LogP contribution in [0.2, 0.25) is 5.02 Å². The molecule has 6 nitrogen and oxygen atoms in total. The summed E-state index contributed by atoms with van der Waals surface area (Å²) < 4.78 is 10.4. The average Bonchev–Trinajstić information content (AvgIpc) is 3.30. The number of hydrogen-bond donors (Lipinski definition) is 3. The molecule has 1 fully saturated rings. The van der Waals surface area contributed by atoms with Gasteiger partial charge in [-0.25, -0.2) is 0 Å². The van der Waals surface area contributed by atoms with Gasteiger partial charge in [-0.2, -0.15) is 0 Å². The number of carbonyl (C=O) groups excluding carboxylic acids is 1. The van der Waals surface area contributed by atoms with Crippen LogP contribution in [0.5, 0.6) is 11.5 Å². The maximum absolute atomic E-state index is 11.5. The maximum Gasteiger partial charge on any atom is 0.241 e. The van der Waals surface area contributed by atoms with E-state index in [2.05, 4.69) is 16.2 Å². The molecule has 0 aliphatic heterocycles. The predicted octanol–water partition coefficient (Wildman–Crippen LogP) is 2.08. The van der Waals surface area contributed by atoms with Crippen molar-refractivity contribution in [1.82, 2.24) is 10.9 Å². The number of anilines is 1. The highest BCUT2D eigenvalue weighted by Crippen LogP contribution is 2.35. The Morgan fingerprint density at radius 2 is 1.90 bits per heavy atom. The lowest BCUT2D eigenvalue weighted by molar-refractivity contribution is -0.122. The number of carbonyl (C=O) groups is 1. The normalized spacial score (nSPS) is 13.3. The van der Waals surface area contributed by atoms with Crippen LogP contribution >= 0.6 is 23.8 Å².